The molecule has 2 N–H and O–H groups in total. The first kappa shape index (κ1) is 14.6. The van der Waals surface area contributed by atoms with E-state index in [1.54, 1.807) is 12.1 Å². The van der Waals surface area contributed by atoms with Gasteiger partial charge in [-0.15, -0.1) is 0 Å². The molecule has 0 spiro atoms. The Kier molecular flexibility index (Phi) is 4.44. The topological polar surface area (TPSA) is 41.5 Å². The molecule has 0 radical (unpaired) electrons. The van der Waals surface area contributed by atoms with Crippen LogP contribution < -0.4 is 10.1 Å². The van der Waals surface area contributed by atoms with Crippen LogP contribution in [-0.2, 0) is 6.54 Å². The molecule has 0 bridgehead atoms. The summed E-state index contributed by atoms with van der Waals surface area (Å²) in [6.07, 6.45) is 0. The summed E-state index contributed by atoms with van der Waals surface area (Å²) in [5, 5.41) is 12.6. The predicted molar refractivity (Wildman–Crippen MR) is 76.0 cm³/mol. The van der Waals surface area contributed by atoms with E-state index in [0.717, 1.165) is 6.07 Å². The molecule has 106 valence electrons. The fraction of sp³-hybridized carbons (Fsp3) is 0.143. The smallest absolute Gasteiger partial charge is 0.150 e. The van der Waals surface area contributed by atoms with E-state index < -0.39 is 11.6 Å². The molecule has 2 rings (SSSR count). The van der Waals surface area contributed by atoms with Gasteiger partial charge in [0.15, 0.2) is 0 Å². The lowest BCUT2D eigenvalue weighted by molar-refractivity contribution is 0.406. The lowest BCUT2D eigenvalue weighted by Gasteiger charge is -2.11. The minimum atomic E-state index is -0.704. The number of benzene rings is 2. The predicted octanol–water partition coefficient (Wildman–Crippen LogP) is 4.05. The number of nitrogens with one attached hydrogen (secondary N) is 1. The zero-order valence-electron chi connectivity index (χ0n) is 10.6. The Morgan fingerprint density at radius 3 is 2.60 bits per heavy atom. The number of phenols is 1. The largest absolute Gasteiger partial charge is 0.507 e. The van der Waals surface area contributed by atoms with Crippen molar-refractivity contribution in [1.82, 2.24) is 0 Å². The number of hydrogen-bond acceptors (Lipinski definition) is 3. The molecule has 0 saturated heterocycles. The fourth-order valence-electron chi connectivity index (χ4n) is 1.71. The van der Waals surface area contributed by atoms with Gasteiger partial charge < -0.3 is 15.2 Å². The van der Waals surface area contributed by atoms with E-state index in [9.17, 15) is 13.9 Å². The van der Waals surface area contributed by atoms with Crippen molar-refractivity contribution in [3.05, 3.63) is 52.0 Å². The maximum Gasteiger partial charge on any atom is 0.150 e. The highest BCUT2D eigenvalue weighted by Gasteiger charge is 2.10. The number of ether oxygens (including phenoxy) is 1. The summed E-state index contributed by atoms with van der Waals surface area (Å²) in [5.74, 6) is -0.798. The molecule has 0 fully saturated rings. The Labute approximate surface area is 123 Å². The first-order valence-corrected chi connectivity index (χ1v) is 6.55. The molecule has 3 nitrogen and oxygen atoms in total. The van der Waals surface area contributed by atoms with Crippen LogP contribution >= 0.6 is 15.9 Å². The molecular formula is C14H12BrF2NO2. The van der Waals surface area contributed by atoms with Crippen LogP contribution in [0.3, 0.4) is 0 Å². The van der Waals surface area contributed by atoms with Crippen molar-refractivity contribution in [3.8, 4) is 11.5 Å². The van der Waals surface area contributed by atoms with Gasteiger partial charge in [-0.05, 0) is 34.1 Å². The van der Waals surface area contributed by atoms with Gasteiger partial charge in [-0.25, -0.2) is 8.78 Å². The van der Waals surface area contributed by atoms with E-state index >= 15 is 0 Å². The maximum atomic E-state index is 13.6. The van der Waals surface area contributed by atoms with Crippen LogP contribution in [0.4, 0.5) is 14.5 Å². The highest BCUT2D eigenvalue weighted by atomic mass is 79.9. The van der Waals surface area contributed by atoms with Crippen LogP contribution in [-0.4, -0.2) is 12.2 Å². The van der Waals surface area contributed by atoms with Crippen molar-refractivity contribution in [1.29, 1.82) is 0 Å². The average Bonchev–Trinajstić information content (AvgIpc) is 2.39. The zero-order chi connectivity index (χ0) is 14.7. The van der Waals surface area contributed by atoms with E-state index in [-0.39, 0.29) is 22.5 Å². The standard InChI is InChI=1S/C14H12BrF2NO2/c1-20-10-3-2-8(13(19)6-10)7-18-14-11(15)4-9(16)5-12(14)17/h2-6,18-19H,7H2,1H3. The van der Waals surface area contributed by atoms with Crippen LogP contribution in [0.1, 0.15) is 5.56 Å². The van der Waals surface area contributed by atoms with Gasteiger partial charge in [0.2, 0.25) is 0 Å². The number of methoxy groups -OCH3 is 1. The van der Waals surface area contributed by atoms with E-state index in [1.165, 1.54) is 19.2 Å². The Bertz CT molecular complexity index is 612. The minimum Gasteiger partial charge on any atom is -0.507 e. The van der Waals surface area contributed by atoms with Gasteiger partial charge in [0.05, 0.1) is 12.8 Å². The van der Waals surface area contributed by atoms with Gasteiger partial charge >= 0.3 is 0 Å². The van der Waals surface area contributed by atoms with E-state index in [2.05, 4.69) is 21.2 Å². The van der Waals surface area contributed by atoms with Crippen molar-refractivity contribution < 1.29 is 18.6 Å². The number of anilines is 1. The number of phenolic OH excluding ortho intramolecular Hbond substituents is 1. The summed E-state index contributed by atoms with van der Waals surface area (Å²) in [6, 6.07) is 6.77. The second-order valence-corrected chi connectivity index (χ2v) is 4.95. The summed E-state index contributed by atoms with van der Waals surface area (Å²) in [6.45, 7) is 0.191. The van der Waals surface area contributed by atoms with E-state index in [0.29, 0.717) is 11.3 Å². The highest BCUT2D eigenvalue weighted by molar-refractivity contribution is 9.10. The normalized spacial score (nSPS) is 10.4. The monoisotopic (exact) mass is 343 g/mol. The lowest BCUT2D eigenvalue weighted by Crippen LogP contribution is -2.03. The molecule has 0 heterocycles. The molecule has 6 heteroatoms. The van der Waals surface area contributed by atoms with E-state index in [1.807, 2.05) is 0 Å². The molecule has 0 aromatic heterocycles. The number of aromatic hydroxyl groups is 1. The van der Waals surface area contributed by atoms with Crippen LogP contribution in [0, 0.1) is 11.6 Å². The molecule has 0 amide bonds. The van der Waals surface area contributed by atoms with Gasteiger partial charge in [-0.2, -0.15) is 0 Å². The third-order valence-corrected chi connectivity index (χ3v) is 3.38. The zero-order valence-corrected chi connectivity index (χ0v) is 12.2. The Hall–Kier alpha value is -1.82. The quantitative estimate of drug-likeness (QED) is 0.879. The second kappa shape index (κ2) is 6.09. The highest BCUT2D eigenvalue weighted by Crippen LogP contribution is 2.29. The number of halogens is 3. The SMILES string of the molecule is COc1ccc(CNc2c(F)cc(F)cc2Br)c(O)c1. The Morgan fingerprint density at radius 1 is 1.25 bits per heavy atom. The molecule has 0 atom stereocenters. The third kappa shape index (κ3) is 3.19. The van der Waals surface area contributed by atoms with Gasteiger partial charge in [0.1, 0.15) is 23.1 Å². The van der Waals surface area contributed by atoms with Crippen molar-refractivity contribution in [2.45, 2.75) is 6.54 Å². The van der Waals surface area contributed by atoms with Gasteiger partial charge in [-0.1, -0.05) is 0 Å². The maximum absolute atomic E-state index is 13.6. The van der Waals surface area contributed by atoms with E-state index in [4.69, 9.17) is 4.74 Å². The molecule has 0 aliphatic carbocycles. The molecule has 0 saturated carbocycles. The fourth-order valence-corrected chi connectivity index (χ4v) is 2.26. The summed E-state index contributed by atoms with van der Waals surface area (Å²) in [7, 11) is 1.50. The summed E-state index contributed by atoms with van der Waals surface area (Å²) in [4.78, 5) is 0. The summed E-state index contributed by atoms with van der Waals surface area (Å²) < 4.78 is 31.8. The molecular weight excluding hydrogens is 332 g/mol. The molecule has 0 aliphatic heterocycles. The summed E-state index contributed by atoms with van der Waals surface area (Å²) >= 11 is 3.09. The van der Waals surface area contributed by atoms with Crippen LogP contribution in [0.15, 0.2) is 34.8 Å². The molecule has 20 heavy (non-hydrogen) atoms. The Morgan fingerprint density at radius 2 is 2.00 bits per heavy atom. The first-order chi connectivity index (χ1) is 9.51. The van der Waals surface area contributed by atoms with Crippen LogP contribution in [0.2, 0.25) is 0 Å². The van der Waals surface area contributed by atoms with Crippen LogP contribution in [0.5, 0.6) is 11.5 Å². The third-order valence-electron chi connectivity index (χ3n) is 2.75. The van der Waals surface area contributed by atoms with Crippen molar-refractivity contribution in [2.75, 3.05) is 12.4 Å². The first-order valence-electron chi connectivity index (χ1n) is 5.75. The average molecular weight is 344 g/mol. The van der Waals surface area contributed by atoms with Crippen molar-refractivity contribution in [3.63, 3.8) is 0 Å². The lowest BCUT2D eigenvalue weighted by atomic mass is 10.2. The molecule has 2 aromatic rings. The number of rotatable bonds is 4. The van der Waals surface area contributed by atoms with Gasteiger partial charge in [0.25, 0.3) is 0 Å². The number of hydrogen-bond donors (Lipinski definition) is 2. The summed E-state index contributed by atoms with van der Waals surface area (Å²) in [5.41, 5.74) is 0.711. The minimum absolute atomic E-state index is 0.0375. The Balaban J connectivity index is 2.17. The molecule has 0 aliphatic rings. The van der Waals surface area contributed by atoms with Crippen LogP contribution in [0.25, 0.3) is 0 Å². The van der Waals surface area contributed by atoms with Crippen molar-refractivity contribution in [2.24, 2.45) is 0 Å². The molecule has 0 unspecified atom stereocenters. The van der Waals surface area contributed by atoms with Crippen molar-refractivity contribution >= 4 is 21.6 Å². The van der Waals surface area contributed by atoms with Gasteiger partial charge in [-0.3, -0.25) is 0 Å². The molecule has 2 aromatic carbocycles. The van der Waals surface area contributed by atoms with Gasteiger partial charge in [0, 0.05) is 28.7 Å². The second-order valence-electron chi connectivity index (χ2n) is 4.09.